The maximum atomic E-state index is 12.5. The highest BCUT2D eigenvalue weighted by Crippen LogP contribution is 2.43. The van der Waals surface area contributed by atoms with Gasteiger partial charge in [0.1, 0.15) is 5.75 Å². The first kappa shape index (κ1) is 23.7. The van der Waals surface area contributed by atoms with Gasteiger partial charge in [0.15, 0.2) is 5.69 Å². The smallest absolute Gasteiger partial charge is 0.295 e. The molecule has 37 heavy (non-hydrogen) atoms. The average molecular weight is 497 g/mol. The molecule has 5 rings (SSSR count). The lowest BCUT2D eigenvalue weighted by Gasteiger charge is -2.21. The highest BCUT2D eigenvalue weighted by atomic mass is 16.5. The zero-order valence-corrected chi connectivity index (χ0v) is 20.2. The third-order valence-electron chi connectivity index (χ3n) is 6.16. The number of aromatic nitrogens is 3. The molecule has 10 nitrogen and oxygen atoms in total. The standard InChI is InChI=1S/C27H24N6O4/c1-16(34)29-15-24(21-14-30-22-8-7-18(37-2)13-20(21)22)33-23-6-4-3-5-19(23)25(27(33)36)31-32-26(35)17-9-11-28-12-10-17/h3-14,24,30,36H,15H2,1-2H3,(H,29,34). The number of carbonyl (C=O) groups is 2. The molecule has 0 saturated carbocycles. The summed E-state index contributed by atoms with van der Waals surface area (Å²) in [5, 5.41) is 23.8. The van der Waals surface area contributed by atoms with Crippen molar-refractivity contribution < 1.29 is 19.4 Å². The number of rotatable bonds is 7. The van der Waals surface area contributed by atoms with E-state index in [1.807, 2.05) is 42.6 Å². The predicted molar refractivity (Wildman–Crippen MR) is 138 cm³/mol. The summed E-state index contributed by atoms with van der Waals surface area (Å²) in [6.45, 7) is 1.63. The van der Waals surface area contributed by atoms with Crippen LogP contribution in [0.2, 0.25) is 0 Å². The van der Waals surface area contributed by atoms with Gasteiger partial charge in [-0.05, 0) is 36.4 Å². The van der Waals surface area contributed by atoms with Crippen molar-refractivity contribution in [2.24, 2.45) is 10.2 Å². The number of para-hydroxylation sites is 1. The van der Waals surface area contributed by atoms with Crippen LogP contribution < -0.4 is 10.1 Å². The summed E-state index contributed by atoms with van der Waals surface area (Å²) in [6.07, 6.45) is 4.84. The number of carbonyl (C=O) groups excluding carboxylic acids is 2. The van der Waals surface area contributed by atoms with Crippen LogP contribution in [0, 0.1) is 0 Å². The first-order chi connectivity index (χ1) is 18.0. The van der Waals surface area contributed by atoms with Gasteiger partial charge in [0.05, 0.1) is 18.7 Å². The van der Waals surface area contributed by atoms with Crippen molar-refractivity contribution in [3.8, 4) is 11.6 Å². The normalized spacial score (nSPS) is 12.3. The van der Waals surface area contributed by atoms with Gasteiger partial charge in [-0.25, -0.2) is 0 Å². The molecule has 0 aliphatic rings. The van der Waals surface area contributed by atoms with Gasteiger partial charge >= 0.3 is 0 Å². The van der Waals surface area contributed by atoms with Gasteiger partial charge in [-0.3, -0.25) is 14.6 Å². The Morgan fingerprint density at radius 2 is 1.92 bits per heavy atom. The fourth-order valence-electron chi connectivity index (χ4n) is 4.40. The average Bonchev–Trinajstić information content (AvgIpc) is 3.46. The Morgan fingerprint density at radius 3 is 2.68 bits per heavy atom. The lowest BCUT2D eigenvalue weighted by Crippen LogP contribution is -2.29. The molecular formula is C27H24N6O4. The van der Waals surface area contributed by atoms with E-state index in [9.17, 15) is 14.7 Å². The number of nitrogens with one attached hydrogen (secondary N) is 2. The minimum absolute atomic E-state index is 0.156. The van der Waals surface area contributed by atoms with Crippen molar-refractivity contribution in [1.82, 2.24) is 19.9 Å². The van der Waals surface area contributed by atoms with E-state index in [-0.39, 0.29) is 24.0 Å². The van der Waals surface area contributed by atoms with Crippen LogP contribution in [0.1, 0.15) is 28.9 Å². The molecule has 1 unspecified atom stereocenters. The third kappa shape index (κ3) is 4.52. The number of benzene rings is 2. The molecule has 0 bridgehead atoms. The van der Waals surface area contributed by atoms with Crippen molar-refractivity contribution in [2.45, 2.75) is 13.0 Å². The van der Waals surface area contributed by atoms with Crippen molar-refractivity contribution in [3.63, 3.8) is 0 Å². The molecule has 5 aromatic rings. The maximum Gasteiger partial charge on any atom is 0.295 e. The Hall–Kier alpha value is -4.99. The fraction of sp³-hybridized carbons (Fsp3) is 0.148. The first-order valence-electron chi connectivity index (χ1n) is 11.6. The van der Waals surface area contributed by atoms with Gasteiger partial charge in [0.2, 0.25) is 11.8 Å². The number of ether oxygens (including phenoxy) is 1. The fourth-order valence-corrected chi connectivity index (χ4v) is 4.40. The van der Waals surface area contributed by atoms with Crippen LogP contribution in [-0.2, 0) is 4.79 Å². The van der Waals surface area contributed by atoms with Crippen LogP contribution in [0.25, 0.3) is 21.8 Å². The molecule has 3 aromatic heterocycles. The molecule has 186 valence electrons. The van der Waals surface area contributed by atoms with Crippen molar-refractivity contribution in [2.75, 3.05) is 13.7 Å². The second-order valence-electron chi connectivity index (χ2n) is 8.41. The molecular weight excluding hydrogens is 472 g/mol. The lowest BCUT2D eigenvalue weighted by molar-refractivity contribution is -0.119. The van der Waals surface area contributed by atoms with Crippen molar-refractivity contribution in [1.29, 1.82) is 0 Å². The molecule has 0 aliphatic heterocycles. The Kier molecular flexibility index (Phi) is 6.38. The number of fused-ring (bicyclic) bond motifs is 2. The number of aromatic hydroxyl groups is 1. The Bertz CT molecular complexity index is 1640. The summed E-state index contributed by atoms with van der Waals surface area (Å²) in [5.41, 5.74) is 2.86. The second kappa shape index (κ2) is 9.94. The summed E-state index contributed by atoms with van der Waals surface area (Å²) in [7, 11) is 1.60. The molecule has 2 aromatic carbocycles. The highest BCUT2D eigenvalue weighted by molar-refractivity contribution is 5.97. The van der Waals surface area contributed by atoms with Crippen LogP contribution in [-0.4, -0.2) is 45.1 Å². The first-order valence-corrected chi connectivity index (χ1v) is 11.6. The number of hydrogen-bond acceptors (Lipinski definition) is 6. The molecule has 2 amide bonds. The Labute approximate surface area is 211 Å². The summed E-state index contributed by atoms with van der Waals surface area (Å²) in [5.74, 6) is -0.268. The number of nitrogens with zero attached hydrogens (tertiary/aromatic N) is 4. The second-order valence-corrected chi connectivity index (χ2v) is 8.41. The van der Waals surface area contributed by atoms with Crippen LogP contribution in [0.5, 0.6) is 11.6 Å². The van der Waals surface area contributed by atoms with Crippen LogP contribution in [0.3, 0.4) is 0 Å². The van der Waals surface area contributed by atoms with Crippen molar-refractivity contribution >= 4 is 39.3 Å². The summed E-state index contributed by atoms with van der Waals surface area (Å²) in [6, 6.07) is 15.5. The summed E-state index contributed by atoms with van der Waals surface area (Å²) < 4.78 is 7.11. The van der Waals surface area contributed by atoms with Gasteiger partial charge in [0.25, 0.3) is 5.91 Å². The molecule has 0 saturated heterocycles. The Balaban J connectivity index is 1.66. The van der Waals surface area contributed by atoms with E-state index in [2.05, 4.69) is 25.5 Å². The van der Waals surface area contributed by atoms with Gasteiger partial charge in [-0.2, -0.15) is 0 Å². The minimum Gasteiger partial charge on any atom is -0.497 e. The SMILES string of the molecule is COc1ccc2[nH]cc(C(CNC(C)=O)n3c(O)c(N=NC(=O)c4ccncc4)c4ccccc43)c2c1. The minimum atomic E-state index is -0.558. The van der Waals surface area contributed by atoms with E-state index in [1.165, 1.54) is 19.3 Å². The van der Waals surface area contributed by atoms with Crippen molar-refractivity contribution in [3.05, 3.63) is 84.3 Å². The van der Waals surface area contributed by atoms with E-state index in [0.29, 0.717) is 22.2 Å². The zero-order valence-electron chi connectivity index (χ0n) is 20.2. The number of pyridine rings is 1. The number of aromatic amines is 1. The number of amides is 2. The number of hydrogen-bond donors (Lipinski definition) is 3. The lowest BCUT2D eigenvalue weighted by atomic mass is 10.0. The van der Waals surface area contributed by atoms with E-state index in [0.717, 1.165) is 16.5 Å². The molecule has 0 spiro atoms. The van der Waals surface area contributed by atoms with Gasteiger partial charge in [0, 0.05) is 59.5 Å². The van der Waals surface area contributed by atoms with E-state index < -0.39 is 11.9 Å². The van der Waals surface area contributed by atoms with E-state index in [1.54, 1.807) is 29.9 Å². The zero-order chi connectivity index (χ0) is 25.9. The monoisotopic (exact) mass is 496 g/mol. The highest BCUT2D eigenvalue weighted by Gasteiger charge is 2.26. The third-order valence-corrected chi connectivity index (χ3v) is 6.16. The predicted octanol–water partition coefficient (Wildman–Crippen LogP) is 4.88. The molecule has 10 heteroatoms. The Morgan fingerprint density at radius 1 is 1.14 bits per heavy atom. The van der Waals surface area contributed by atoms with Crippen LogP contribution in [0.4, 0.5) is 5.69 Å². The number of H-pyrrole nitrogens is 1. The summed E-state index contributed by atoms with van der Waals surface area (Å²) >= 11 is 0. The molecule has 3 N–H and O–H groups in total. The topological polar surface area (TPSA) is 134 Å². The molecule has 3 heterocycles. The summed E-state index contributed by atoms with van der Waals surface area (Å²) in [4.78, 5) is 31.6. The van der Waals surface area contributed by atoms with Crippen LogP contribution >= 0.6 is 0 Å². The molecule has 0 radical (unpaired) electrons. The van der Waals surface area contributed by atoms with Gasteiger partial charge < -0.3 is 24.7 Å². The number of methoxy groups -OCH3 is 1. The van der Waals surface area contributed by atoms with Crippen LogP contribution in [0.15, 0.2) is 83.4 Å². The molecule has 0 fully saturated rings. The number of azo groups is 1. The largest absolute Gasteiger partial charge is 0.497 e. The van der Waals surface area contributed by atoms with Gasteiger partial charge in [-0.15, -0.1) is 10.2 Å². The molecule has 0 aliphatic carbocycles. The quantitative estimate of drug-likeness (QED) is 0.276. The van der Waals surface area contributed by atoms with E-state index in [4.69, 9.17) is 4.74 Å². The maximum absolute atomic E-state index is 12.5. The van der Waals surface area contributed by atoms with E-state index >= 15 is 0 Å². The van der Waals surface area contributed by atoms with Gasteiger partial charge in [-0.1, -0.05) is 18.2 Å². The molecule has 1 atom stereocenters.